The number of pyridine rings is 1. The van der Waals surface area contributed by atoms with Gasteiger partial charge in [-0.3, -0.25) is 4.98 Å². The molecule has 41 heavy (non-hydrogen) atoms. The van der Waals surface area contributed by atoms with E-state index < -0.39 is 24.1 Å². The number of fused-ring (bicyclic) bond motifs is 1. The van der Waals surface area contributed by atoms with Crippen molar-refractivity contribution in [1.82, 2.24) is 24.6 Å². The van der Waals surface area contributed by atoms with Crippen molar-refractivity contribution in [3.63, 3.8) is 0 Å². The largest absolute Gasteiger partial charge is 0.478 e. The number of aromatic nitrogens is 5. The van der Waals surface area contributed by atoms with Crippen LogP contribution in [0.15, 0.2) is 67.0 Å². The van der Waals surface area contributed by atoms with Gasteiger partial charge < -0.3 is 31.1 Å². The van der Waals surface area contributed by atoms with Crippen LogP contribution in [0.5, 0.6) is 0 Å². The Morgan fingerprint density at radius 2 is 1.68 bits per heavy atom. The molecule has 0 radical (unpaired) electrons. The van der Waals surface area contributed by atoms with Crippen molar-refractivity contribution in [3.8, 4) is 11.3 Å². The monoisotopic (exact) mass is 563 g/mol. The molecule has 0 saturated heterocycles. The van der Waals surface area contributed by atoms with Crippen LogP contribution in [0.1, 0.15) is 37.8 Å². The lowest BCUT2D eigenvalue weighted by Crippen LogP contribution is -2.35. The first-order valence-corrected chi connectivity index (χ1v) is 12.8. The fourth-order valence-electron chi connectivity index (χ4n) is 3.62. The summed E-state index contributed by atoms with van der Waals surface area (Å²) in [6, 6.07) is 13.5. The van der Waals surface area contributed by atoms with Crippen LogP contribution in [0.3, 0.4) is 0 Å². The standard InChI is InChI=1S/C24H29N7O2.C4H4O4/c1-15(2)19-13-27-31-22(19)29-23(28-21(14-32)16(3)33)30-24(31)26-12-17-7-9-18(10-8-17)20-6-4-5-11-25-20;5-3(6)1-2-4(7)8/h4-11,13,15-16,21,32-33H,12,14H2,1-3H3,(H2,26,28,29,30);1-2H,(H,5,6)(H,7,8)/b;2-1+/t16-,21-;/m0./s1. The van der Waals surface area contributed by atoms with Gasteiger partial charge in [0, 0.05) is 36.0 Å². The van der Waals surface area contributed by atoms with Gasteiger partial charge in [-0.2, -0.15) is 19.6 Å². The van der Waals surface area contributed by atoms with E-state index in [0.717, 1.165) is 22.4 Å². The first-order valence-electron chi connectivity index (χ1n) is 12.8. The Kier molecular flexibility index (Phi) is 10.8. The summed E-state index contributed by atoms with van der Waals surface area (Å²) in [4.78, 5) is 32.7. The molecule has 0 spiro atoms. The van der Waals surface area contributed by atoms with Crippen LogP contribution in [0.4, 0.5) is 11.9 Å². The van der Waals surface area contributed by atoms with E-state index in [2.05, 4.69) is 44.5 Å². The van der Waals surface area contributed by atoms with Crippen LogP contribution in [0.25, 0.3) is 16.9 Å². The molecule has 2 atom stereocenters. The average Bonchev–Trinajstić information content (AvgIpc) is 3.39. The Hall–Kier alpha value is -4.88. The molecule has 0 fully saturated rings. The van der Waals surface area contributed by atoms with E-state index in [1.165, 1.54) is 0 Å². The van der Waals surface area contributed by atoms with E-state index in [-0.39, 0.29) is 12.5 Å². The third-order valence-electron chi connectivity index (χ3n) is 5.84. The van der Waals surface area contributed by atoms with Gasteiger partial charge in [0.2, 0.25) is 11.9 Å². The first-order chi connectivity index (χ1) is 19.6. The van der Waals surface area contributed by atoms with Crippen LogP contribution < -0.4 is 10.6 Å². The molecule has 4 aromatic rings. The molecule has 0 saturated carbocycles. The van der Waals surface area contributed by atoms with Crippen molar-refractivity contribution in [1.29, 1.82) is 0 Å². The second kappa shape index (κ2) is 14.5. The van der Waals surface area contributed by atoms with Gasteiger partial charge >= 0.3 is 11.9 Å². The van der Waals surface area contributed by atoms with Crippen molar-refractivity contribution in [3.05, 3.63) is 78.1 Å². The Bertz CT molecular complexity index is 1450. The number of aliphatic hydroxyl groups is 2. The number of carboxylic acid groups (broad SMARTS) is 2. The predicted molar refractivity (Wildman–Crippen MR) is 152 cm³/mol. The van der Waals surface area contributed by atoms with Gasteiger partial charge in [-0.1, -0.05) is 44.2 Å². The predicted octanol–water partition coefficient (Wildman–Crippen LogP) is 2.79. The molecule has 0 bridgehead atoms. The molecule has 1 aromatic carbocycles. The summed E-state index contributed by atoms with van der Waals surface area (Å²) in [6.07, 6.45) is 3.93. The maximum absolute atomic E-state index is 9.90. The van der Waals surface area contributed by atoms with E-state index in [1.807, 2.05) is 42.5 Å². The number of hydrogen-bond acceptors (Lipinski definition) is 10. The number of aliphatic carboxylic acids is 2. The second-order valence-electron chi connectivity index (χ2n) is 9.31. The van der Waals surface area contributed by atoms with Crippen molar-refractivity contribution in [2.45, 2.75) is 45.4 Å². The summed E-state index contributed by atoms with van der Waals surface area (Å²) in [7, 11) is 0. The molecule has 13 heteroatoms. The zero-order valence-electron chi connectivity index (χ0n) is 22.8. The second-order valence-corrected chi connectivity index (χ2v) is 9.31. The van der Waals surface area contributed by atoms with Crippen molar-refractivity contribution >= 4 is 29.5 Å². The molecule has 0 aliphatic carbocycles. The molecule has 216 valence electrons. The average molecular weight is 564 g/mol. The minimum Gasteiger partial charge on any atom is -0.478 e. The lowest BCUT2D eigenvalue weighted by Gasteiger charge is -2.19. The fourth-order valence-corrected chi connectivity index (χ4v) is 3.62. The lowest BCUT2D eigenvalue weighted by atomic mass is 10.1. The van der Waals surface area contributed by atoms with Crippen LogP contribution in [-0.2, 0) is 16.1 Å². The van der Waals surface area contributed by atoms with Gasteiger partial charge in [0.15, 0.2) is 5.65 Å². The smallest absolute Gasteiger partial charge is 0.328 e. The van der Waals surface area contributed by atoms with Crippen molar-refractivity contribution < 1.29 is 30.0 Å². The van der Waals surface area contributed by atoms with Gasteiger partial charge in [-0.05, 0) is 30.5 Å². The molecule has 0 unspecified atom stereocenters. The zero-order chi connectivity index (χ0) is 29.9. The van der Waals surface area contributed by atoms with Crippen LogP contribution in [0, 0.1) is 0 Å². The first kappa shape index (κ1) is 30.7. The van der Waals surface area contributed by atoms with E-state index in [1.54, 1.807) is 23.8 Å². The van der Waals surface area contributed by atoms with E-state index in [4.69, 9.17) is 10.2 Å². The SMILES string of the molecule is CC(C)c1cnn2c(NCc3ccc(-c4ccccn4)cc3)nc(N[C@@H](CO)[C@H](C)O)nc12.O=C(O)/C=C/C(=O)O. The summed E-state index contributed by atoms with van der Waals surface area (Å²) in [5.41, 5.74) is 4.72. The van der Waals surface area contributed by atoms with Crippen LogP contribution in [0.2, 0.25) is 0 Å². The number of anilines is 2. The maximum Gasteiger partial charge on any atom is 0.328 e. The highest BCUT2D eigenvalue weighted by molar-refractivity contribution is 5.89. The molecule has 13 nitrogen and oxygen atoms in total. The van der Waals surface area contributed by atoms with E-state index in [9.17, 15) is 19.8 Å². The summed E-state index contributed by atoms with van der Waals surface area (Å²) in [6.45, 7) is 6.06. The van der Waals surface area contributed by atoms with Crippen LogP contribution >= 0.6 is 0 Å². The van der Waals surface area contributed by atoms with E-state index >= 15 is 0 Å². The topological polar surface area (TPSA) is 195 Å². The minimum atomic E-state index is -1.26. The summed E-state index contributed by atoms with van der Waals surface area (Å²) in [5, 5.41) is 46.0. The van der Waals surface area contributed by atoms with Gasteiger partial charge in [0.05, 0.1) is 30.6 Å². The third-order valence-corrected chi connectivity index (χ3v) is 5.84. The van der Waals surface area contributed by atoms with E-state index in [0.29, 0.717) is 36.2 Å². The number of rotatable bonds is 11. The fraction of sp³-hybridized carbons (Fsp3) is 0.286. The van der Waals surface area contributed by atoms with Gasteiger partial charge in [0.25, 0.3) is 0 Å². The quantitative estimate of drug-likeness (QED) is 0.146. The highest BCUT2D eigenvalue weighted by Crippen LogP contribution is 2.23. The number of carbonyl (C=O) groups is 2. The molecule has 0 amide bonds. The Balaban J connectivity index is 0.000000507. The number of nitrogens with zero attached hydrogens (tertiary/aromatic N) is 5. The van der Waals surface area contributed by atoms with Gasteiger partial charge in [-0.15, -0.1) is 0 Å². The highest BCUT2D eigenvalue weighted by Gasteiger charge is 2.19. The molecule has 0 aliphatic heterocycles. The molecular formula is C28H33N7O6. The van der Waals surface area contributed by atoms with Crippen molar-refractivity contribution in [2.24, 2.45) is 0 Å². The molecule has 3 aromatic heterocycles. The number of benzene rings is 1. The number of nitrogens with one attached hydrogen (secondary N) is 2. The Morgan fingerprint density at radius 3 is 2.22 bits per heavy atom. The number of hydrogen-bond donors (Lipinski definition) is 6. The highest BCUT2D eigenvalue weighted by atomic mass is 16.4. The normalized spacial score (nSPS) is 12.5. The minimum absolute atomic E-state index is 0.225. The van der Waals surface area contributed by atoms with Gasteiger partial charge in [0.1, 0.15) is 0 Å². The Morgan fingerprint density at radius 1 is 1.00 bits per heavy atom. The maximum atomic E-state index is 9.90. The van der Waals surface area contributed by atoms with Crippen molar-refractivity contribution in [2.75, 3.05) is 17.2 Å². The molecule has 6 N–H and O–H groups in total. The zero-order valence-corrected chi connectivity index (χ0v) is 22.8. The van der Waals surface area contributed by atoms with Gasteiger partial charge in [-0.25, -0.2) is 9.59 Å². The summed E-state index contributed by atoms with van der Waals surface area (Å²) >= 11 is 0. The lowest BCUT2D eigenvalue weighted by molar-refractivity contribution is -0.134. The summed E-state index contributed by atoms with van der Waals surface area (Å²) in [5.74, 6) is -1.45. The molecule has 0 aliphatic rings. The summed E-state index contributed by atoms with van der Waals surface area (Å²) < 4.78 is 1.68. The molecule has 4 rings (SSSR count). The number of aliphatic hydroxyl groups excluding tert-OH is 2. The Labute approximate surface area is 236 Å². The number of carboxylic acids is 2. The molecular weight excluding hydrogens is 530 g/mol. The van der Waals surface area contributed by atoms with Crippen LogP contribution in [-0.4, -0.2) is 75.7 Å². The molecule has 3 heterocycles. The third kappa shape index (κ3) is 8.81.